The lowest BCUT2D eigenvalue weighted by Gasteiger charge is -2.19. The third kappa shape index (κ3) is 2.70. The van der Waals surface area contributed by atoms with Crippen LogP contribution in [0.15, 0.2) is 24.3 Å². The van der Waals surface area contributed by atoms with Crippen molar-refractivity contribution in [2.45, 2.75) is 38.3 Å². The number of amides is 1. The van der Waals surface area contributed by atoms with E-state index in [1.54, 1.807) is 0 Å². The molecule has 2 rings (SSSR count). The van der Waals surface area contributed by atoms with E-state index in [-0.39, 0.29) is 17.2 Å². The maximum Gasteiger partial charge on any atom is 0.252 e. The molecule has 0 spiro atoms. The van der Waals surface area contributed by atoms with Gasteiger partial charge in [0.05, 0.1) is 13.0 Å². The fourth-order valence-corrected chi connectivity index (χ4v) is 2.46. The van der Waals surface area contributed by atoms with E-state index in [1.165, 1.54) is 19.7 Å². The topological polar surface area (TPSA) is 29.5 Å². The Morgan fingerprint density at radius 3 is 2.25 bits per heavy atom. The first-order valence-corrected chi connectivity index (χ1v) is 6.83. The number of carbonyl (C=O) groups excluding carboxylic acids is 1. The average molecular weight is 279 g/mol. The standard InChI is InChI=1S/C16H22FNO2/c1-16(2,3)11-8-6-10(7-9-11)12-13(14(12)17)15(19)18(4)20-5/h6-9,12-14H,1-5H3. The van der Waals surface area contributed by atoms with Crippen LogP contribution < -0.4 is 0 Å². The Morgan fingerprint density at radius 1 is 1.25 bits per heavy atom. The third-order valence-corrected chi connectivity index (χ3v) is 3.96. The van der Waals surface area contributed by atoms with E-state index in [0.717, 1.165) is 10.6 Å². The molecule has 0 aliphatic heterocycles. The fourth-order valence-electron chi connectivity index (χ4n) is 2.46. The van der Waals surface area contributed by atoms with Crippen molar-refractivity contribution in [1.29, 1.82) is 0 Å². The largest absolute Gasteiger partial charge is 0.275 e. The predicted octanol–water partition coefficient (Wildman–Crippen LogP) is 3.06. The van der Waals surface area contributed by atoms with E-state index in [1.807, 2.05) is 24.3 Å². The molecule has 110 valence electrons. The summed E-state index contributed by atoms with van der Waals surface area (Å²) in [6.45, 7) is 6.41. The second kappa shape index (κ2) is 5.17. The minimum Gasteiger partial charge on any atom is -0.275 e. The number of benzene rings is 1. The molecule has 4 heteroatoms. The van der Waals surface area contributed by atoms with Crippen LogP contribution in [0.1, 0.15) is 37.8 Å². The Bertz CT molecular complexity index is 492. The second-order valence-electron chi connectivity index (χ2n) is 6.39. The Hall–Kier alpha value is -1.42. The molecule has 1 aliphatic carbocycles. The van der Waals surface area contributed by atoms with Crippen molar-refractivity contribution in [2.24, 2.45) is 5.92 Å². The Labute approximate surface area is 119 Å². The van der Waals surface area contributed by atoms with E-state index in [0.29, 0.717) is 0 Å². The third-order valence-electron chi connectivity index (χ3n) is 3.96. The molecule has 20 heavy (non-hydrogen) atoms. The van der Waals surface area contributed by atoms with Crippen LogP contribution in [0.2, 0.25) is 0 Å². The highest BCUT2D eigenvalue weighted by atomic mass is 19.1. The summed E-state index contributed by atoms with van der Waals surface area (Å²) in [7, 11) is 2.91. The van der Waals surface area contributed by atoms with Gasteiger partial charge < -0.3 is 0 Å². The van der Waals surface area contributed by atoms with Gasteiger partial charge in [0.15, 0.2) is 0 Å². The molecule has 1 aromatic rings. The van der Waals surface area contributed by atoms with Crippen molar-refractivity contribution in [1.82, 2.24) is 5.06 Å². The molecule has 1 aromatic carbocycles. The highest BCUT2D eigenvalue weighted by Crippen LogP contribution is 2.51. The number of hydrogen-bond acceptors (Lipinski definition) is 2. The lowest BCUT2D eigenvalue weighted by atomic mass is 9.86. The van der Waals surface area contributed by atoms with Gasteiger partial charge in [0, 0.05) is 13.0 Å². The van der Waals surface area contributed by atoms with Crippen LogP contribution >= 0.6 is 0 Å². The smallest absolute Gasteiger partial charge is 0.252 e. The summed E-state index contributed by atoms with van der Waals surface area (Å²) in [5.74, 6) is -1.25. The highest BCUT2D eigenvalue weighted by Gasteiger charge is 2.57. The first-order chi connectivity index (χ1) is 9.27. The lowest BCUT2D eigenvalue weighted by Crippen LogP contribution is -2.27. The highest BCUT2D eigenvalue weighted by molar-refractivity contribution is 5.83. The maximum atomic E-state index is 13.9. The van der Waals surface area contributed by atoms with E-state index < -0.39 is 12.1 Å². The fraction of sp³-hybridized carbons (Fsp3) is 0.562. The normalized spacial score (nSPS) is 25.4. The molecule has 0 radical (unpaired) electrons. The number of alkyl halides is 1. The van der Waals surface area contributed by atoms with Gasteiger partial charge in [-0.15, -0.1) is 0 Å². The van der Waals surface area contributed by atoms with Gasteiger partial charge in [0.25, 0.3) is 5.91 Å². The summed E-state index contributed by atoms with van der Waals surface area (Å²) in [4.78, 5) is 16.7. The van der Waals surface area contributed by atoms with E-state index >= 15 is 0 Å². The van der Waals surface area contributed by atoms with Crippen molar-refractivity contribution in [3.8, 4) is 0 Å². The first-order valence-electron chi connectivity index (χ1n) is 6.83. The lowest BCUT2D eigenvalue weighted by molar-refractivity contribution is -0.170. The molecule has 0 bridgehead atoms. The van der Waals surface area contributed by atoms with Gasteiger partial charge in [-0.3, -0.25) is 9.63 Å². The number of rotatable bonds is 3. The maximum absolute atomic E-state index is 13.9. The average Bonchev–Trinajstić information content (AvgIpc) is 3.07. The van der Waals surface area contributed by atoms with Gasteiger partial charge in [-0.2, -0.15) is 0 Å². The van der Waals surface area contributed by atoms with E-state index in [4.69, 9.17) is 4.84 Å². The number of carbonyl (C=O) groups is 1. The van der Waals surface area contributed by atoms with Crippen LogP contribution in [0.4, 0.5) is 4.39 Å². The Balaban J connectivity index is 2.12. The number of nitrogens with zero attached hydrogens (tertiary/aromatic N) is 1. The van der Waals surface area contributed by atoms with Crippen molar-refractivity contribution in [3.05, 3.63) is 35.4 Å². The molecule has 0 saturated heterocycles. The summed E-state index contributed by atoms with van der Waals surface area (Å²) in [5.41, 5.74) is 2.16. The zero-order chi connectivity index (χ0) is 15.1. The number of hydrogen-bond donors (Lipinski definition) is 0. The molecule has 0 heterocycles. The second-order valence-corrected chi connectivity index (χ2v) is 6.39. The van der Waals surface area contributed by atoms with Crippen LogP contribution in [0.25, 0.3) is 0 Å². The molecule has 1 aliphatic rings. The molecule has 0 N–H and O–H groups in total. The van der Waals surface area contributed by atoms with Gasteiger partial charge in [-0.1, -0.05) is 45.0 Å². The molecular weight excluding hydrogens is 257 g/mol. The van der Waals surface area contributed by atoms with Crippen LogP contribution in [0, 0.1) is 5.92 Å². The minimum absolute atomic E-state index is 0.0721. The summed E-state index contributed by atoms with van der Waals surface area (Å²) < 4.78 is 13.9. The zero-order valence-corrected chi connectivity index (χ0v) is 12.7. The zero-order valence-electron chi connectivity index (χ0n) is 12.7. The van der Waals surface area contributed by atoms with E-state index in [2.05, 4.69) is 20.8 Å². The molecule has 1 amide bonds. The van der Waals surface area contributed by atoms with Crippen LogP contribution in [0.5, 0.6) is 0 Å². The summed E-state index contributed by atoms with van der Waals surface area (Å²) in [5, 5.41) is 1.10. The summed E-state index contributed by atoms with van der Waals surface area (Å²) in [6, 6.07) is 7.89. The van der Waals surface area contributed by atoms with Crippen molar-refractivity contribution in [3.63, 3.8) is 0 Å². The molecular formula is C16H22FNO2. The first kappa shape index (κ1) is 15.0. The number of halogens is 1. The van der Waals surface area contributed by atoms with Gasteiger partial charge in [-0.05, 0) is 16.5 Å². The Kier molecular flexibility index (Phi) is 3.87. The van der Waals surface area contributed by atoms with E-state index in [9.17, 15) is 9.18 Å². The number of hydroxylamine groups is 2. The molecule has 3 atom stereocenters. The van der Waals surface area contributed by atoms with Gasteiger partial charge in [-0.25, -0.2) is 9.45 Å². The summed E-state index contributed by atoms with van der Waals surface area (Å²) >= 11 is 0. The quantitative estimate of drug-likeness (QED) is 0.796. The Morgan fingerprint density at radius 2 is 1.80 bits per heavy atom. The van der Waals surface area contributed by atoms with Crippen LogP contribution in [-0.2, 0) is 15.0 Å². The van der Waals surface area contributed by atoms with Gasteiger partial charge in [0.2, 0.25) is 0 Å². The van der Waals surface area contributed by atoms with Crippen molar-refractivity contribution < 1.29 is 14.0 Å². The van der Waals surface area contributed by atoms with Crippen molar-refractivity contribution >= 4 is 5.91 Å². The van der Waals surface area contributed by atoms with Crippen LogP contribution in [-0.4, -0.2) is 31.3 Å². The molecule has 3 nitrogen and oxygen atoms in total. The monoisotopic (exact) mass is 279 g/mol. The SMILES string of the molecule is CON(C)C(=O)C1C(F)C1c1ccc(C(C)(C)C)cc1. The van der Waals surface area contributed by atoms with Crippen molar-refractivity contribution in [2.75, 3.05) is 14.2 Å². The molecule has 1 saturated carbocycles. The molecule has 1 fully saturated rings. The van der Waals surface area contributed by atoms with Gasteiger partial charge >= 0.3 is 0 Å². The van der Waals surface area contributed by atoms with Crippen LogP contribution in [0.3, 0.4) is 0 Å². The van der Waals surface area contributed by atoms with Gasteiger partial charge in [0.1, 0.15) is 6.17 Å². The molecule has 0 aromatic heterocycles. The minimum atomic E-state index is -1.11. The predicted molar refractivity (Wildman–Crippen MR) is 76.0 cm³/mol. The summed E-state index contributed by atoms with van der Waals surface area (Å²) in [6.07, 6.45) is -1.11. The molecule has 3 unspecified atom stereocenters.